The Morgan fingerprint density at radius 2 is 1.64 bits per heavy atom. The number of benzene rings is 3. The van der Waals surface area contributed by atoms with Crippen molar-refractivity contribution in [2.75, 3.05) is 17.2 Å². The number of hydrogen-bond donors (Lipinski definition) is 2. The molecule has 3 aromatic rings. The highest BCUT2D eigenvalue weighted by Gasteiger charge is 2.08. The highest BCUT2D eigenvalue weighted by molar-refractivity contribution is 6.33. The van der Waals surface area contributed by atoms with Crippen molar-refractivity contribution in [2.24, 2.45) is 0 Å². The number of halogens is 3. The lowest BCUT2D eigenvalue weighted by Crippen LogP contribution is -2.20. The van der Waals surface area contributed by atoms with Gasteiger partial charge in [0.2, 0.25) is 0 Å². The molecule has 0 saturated carbocycles. The first kappa shape index (κ1) is 20.3. The number of para-hydroxylation sites is 1. The minimum atomic E-state index is -0.289. The molecule has 0 heterocycles. The van der Waals surface area contributed by atoms with Crippen LogP contribution in [0.15, 0.2) is 66.7 Å². The van der Waals surface area contributed by atoms with E-state index in [4.69, 9.17) is 39.5 Å². The van der Waals surface area contributed by atoms with Gasteiger partial charge in [-0.15, -0.1) is 0 Å². The minimum absolute atomic E-state index is 0.153. The Morgan fingerprint density at radius 3 is 2.36 bits per heavy atom. The van der Waals surface area contributed by atoms with Gasteiger partial charge in [-0.2, -0.15) is 0 Å². The van der Waals surface area contributed by atoms with Gasteiger partial charge >= 0.3 is 0 Å². The zero-order valence-corrected chi connectivity index (χ0v) is 17.0. The predicted octanol–water partition coefficient (Wildman–Crippen LogP) is 6.28. The van der Waals surface area contributed by atoms with E-state index in [1.807, 2.05) is 30.3 Å². The normalized spacial score (nSPS) is 10.4. The number of rotatable bonds is 7. The molecule has 0 aliphatic carbocycles. The van der Waals surface area contributed by atoms with Crippen LogP contribution in [0.4, 0.5) is 11.4 Å². The zero-order valence-electron chi connectivity index (χ0n) is 14.7. The molecule has 0 aliphatic heterocycles. The van der Waals surface area contributed by atoms with E-state index in [0.29, 0.717) is 33.0 Å². The van der Waals surface area contributed by atoms with Crippen LogP contribution in [0.3, 0.4) is 0 Å². The summed E-state index contributed by atoms with van der Waals surface area (Å²) in [7, 11) is 0. The molecule has 0 unspecified atom stereocenters. The van der Waals surface area contributed by atoms with Gasteiger partial charge in [0.05, 0.1) is 15.7 Å². The molecule has 3 aromatic carbocycles. The van der Waals surface area contributed by atoms with Crippen molar-refractivity contribution in [1.29, 1.82) is 0 Å². The van der Waals surface area contributed by atoms with Crippen LogP contribution in [0.25, 0.3) is 0 Å². The average molecular weight is 436 g/mol. The SMILES string of the molecule is O=C(COc1ccc(CNc2ccccc2Cl)cc1Cl)Nc1ccc(Cl)cc1. The second-order valence-corrected chi connectivity index (χ2v) is 7.19. The van der Waals surface area contributed by atoms with Crippen LogP contribution in [0, 0.1) is 0 Å². The van der Waals surface area contributed by atoms with E-state index in [9.17, 15) is 4.79 Å². The maximum absolute atomic E-state index is 12.0. The monoisotopic (exact) mass is 434 g/mol. The molecule has 1 amide bonds. The van der Waals surface area contributed by atoms with Gasteiger partial charge in [0, 0.05) is 17.3 Å². The van der Waals surface area contributed by atoms with Gasteiger partial charge in [0.1, 0.15) is 5.75 Å². The van der Waals surface area contributed by atoms with Crippen LogP contribution in [-0.2, 0) is 11.3 Å². The van der Waals surface area contributed by atoms with Crippen LogP contribution in [0.1, 0.15) is 5.56 Å². The number of amides is 1. The van der Waals surface area contributed by atoms with Gasteiger partial charge in [-0.05, 0) is 54.1 Å². The largest absolute Gasteiger partial charge is 0.482 e. The highest BCUT2D eigenvalue weighted by atomic mass is 35.5. The van der Waals surface area contributed by atoms with Gasteiger partial charge in [-0.3, -0.25) is 4.79 Å². The molecule has 0 radical (unpaired) electrons. The fourth-order valence-electron chi connectivity index (χ4n) is 2.45. The molecular formula is C21H17Cl3N2O2. The third-order valence-corrected chi connectivity index (χ3v) is 4.72. The van der Waals surface area contributed by atoms with Gasteiger partial charge in [-0.25, -0.2) is 0 Å². The number of carbonyl (C=O) groups is 1. The molecule has 4 nitrogen and oxygen atoms in total. The van der Waals surface area contributed by atoms with Gasteiger partial charge in [-0.1, -0.05) is 53.0 Å². The molecule has 7 heteroatoms. The maximum Gasteiger partial charge on any atom is 0.262 e. The van der Waals surface area contributed by atoms with Crippen LogP contribution in [0.2, 0.25) is 15.1 Å². The molecule has 2 N–H and O–H groups in total. The van der Waals surface area contributed by atoms with E-state index in [-0.39, 0.29) is 12.5 Å². The molecule has 0 spiro atoms. The number of carbonyl (C=O) groups excluding carboxylic acids is 1. The summed E-state index contributed by atoms with van der Waals surface area (Å²) in [6.45, 7) is 0.403. The topological polar surface area (TPSA) is 50.4 Å². The third kappa shape index (κ3) is 5.80. The third-order valence-electron chi connectivity index (χ3n) is 3.84. The average Bonchev–Trinajstić information content (AvgIpc) is 2.68. The lowest BCUT2D eigenvalue weighted by atomic mass is 10.2. The molecule has 0 aromatic heterocycles. The molecule has 0 bridgehead atoms. The highest BCUT2D eigenvalue weighted by Crippen LogP contribution is 2.27. The van der Waals surface area contributed by atoms with Gasteiger partial charge < -0.3 is 15.4 Å². The van der Waals surface area contributed by atoms with E-state index in [2.05, 4.69) is 10.6 Å². The summed E-state index contributed by atoms with van der Waals surface area (Å²) >= 11 is 18.2. The van der Waals surface area contributed by atoms with Crippen molar-refractivity contribution in [3.05, 3.63) is 87.4 Å². The summed E-state index contributed by atoms with van der Waals surface area (Å²) in [4.78, 5) is 12.0. The molecule has 0 fully saturated rings. The van der Waals surface area contributed by atoms with E-state index in [1.165, 1.54) is 0 Å². The van der Waals surface area contributed by atoms with Crippen molar-refractivity contribution in [1.82, 2.24) is 0 Å². The van der Waals surface area contributed by atoms with E-state index in [1.54, 1.807) is 36.4 Å². The molecule has 28 heavy (non-hydrogen) atoms. The quantitative estimate of drug-likeness (QED) is 0.459. The van der Waals surface area contributed by atoms with Crippen molar-refractivity contribution in [3.8, 4) is 5.75 Å². The Hall–Kier alpha value is -2.40. The molecule has 0 atom stereocenters. The number of nitrogens with one attached hydrogen (secondary N) is 2. The summed E-state index contributed by atoms with van der Waals surface area (Å²) in [6.07, 6.45) is 0. The number of ether oxygens (including phenoxy) is 1. The molecule has 144 valence electrons. The Morgan fingerprint density at radius 1 is 0.893 bits per heavy atom. The second-order valence-electron chi connectivity index (χ2n) is 5.94. The van der Waals surface area contributed by atoms with Crippen LogP contribution in [0.5, 0.6) is 5.75 Å². The first-order valence-corrected chi connectivity index (χ1v) is 9.60. The maximum atomic E-state index is 12.0. The summed E-state index contributed by atoms with van der Waals surface area (Å²) in [5.74, 6) is 0.150. The van der Waals surface area contributed by atoms with Crippen molar-refractivity contribution in [3.63, 3.8) is 0 Å². The fourth-order valence-corrected chi connectivity index (χ4v) is 3.03. The van der Waals surface area contributed by atoms with Gasteiger partial charge in [0.15, 0.2) is 6.61 Å². The van der Waals surface area contributed by atoms with Crippen molar-refractivity contribution in [2.45, 2.75) is 6.54 Å². The standard InChI is InChI=1S/C21H17Cl3N2O2/c22-15-6-8-16(9-7-15)26-21(27)13-28-20-10-5-14(11-18(20)24)12-25-19-4-2-1-3-17(19)23/h1-11,25H,12-13H2,(H,26,27). The Kier molecular flexibility index (Phi) is 7.04. The van der Waals surface area contributed by atoms with Crippen LogP contribution >= 0.6 is 34.8 Å². The molecule has 3 rings (SSSR count). The fraction of sp³-hybridized carbons (Fsp3) is 0.0952. The number of anilines is 2. The Bertz CT molecular complexity index is 962. The summed E-state index contributed by atoms with van der Waals surface area (Å²) < 4.78 is 5.52. The second kappa shape index (κ2) is 9.69. The lowest BCUT2D eigenvalue weighted by Gasteiger charge is -2.11. The summed E-state index contributed by atoms with van der Waals surface area (Å²) in [6, 6.07) is 19.7. The first-order valence-electron chi connectivity index (χ1n) is 8.46. The molecular weight excluding hydrogens is 419 g/mol. The van der Waals surface area contributed by atoms with E-state index < -0.39 is 0 Å². The summed E-state index contributed by atoms with van der Waals surface area (Å²) in [5, 5.41) is 7.66. The molecule has 0 saturated heterocycles. The predicted molar refractivity (Wildman–Crippen MR) is 116 cm³/mol. The van der Waals surface area contributed by atoms with E-state index >= 15 is 0 Å². The van der Waals surface area contributed by atoms with Crippen molar-refractivity contribution < 1.29 is 9.53 Å². The smallest absolute Gasteiger partial charge is 0.262 e. The van der Waals surface area contributed by atoms with Crippen molar-refractivity contribution >= 4 is 52.1 Å². The minimum Gasteiger partial charge on any atom is -0.482 e. The van der Waals surface area contributed by atoms with Crippen LogP contribution < -0.4 is 15.4 Å². The Labute approximate surface area is 178 Å². The first-order chi connectivity index (χ1) is 13.5. The summed E-state index contributed by atoms with van der Waals surface area (Å²) in [5.41, 5.74) is 2.45. The Balaban J connectivity index is 1.53. The van der Waals surface area contributed by atoms with E-state index in [0.717, 1.165) is 11.3 Å². The number of hydrogen-bond acceptors (Lipinski definition) is 3. The van der Waals surface area contributed by atoms with Gasteiger partial charge in [0.25, 0.3) is 5.91 Å². The van der Waals surface area contributed by atoms with Crippen LogP contribution in [-0.4, -0.2) is 12.5 Å². The lowest BCUT2D eigenvalue weighted by molar-refractivity contribution is -0.118. The molecule has 0 aliphatic rings. The zero-order chi connectivity index (χ0) is 19.9.